The van der Waals surface area contributed by atoms with Gasteiger partial charge in [-0.15, -0.1) is 0 Å². The van der Waals surface area contributed by atoms with Crippen molar-refractivity contribution in [3.8, 4) is 5.69 Å². The zero-order valence-corrected chi connectivity index (χ0v) is 9.57. The van der Waals surface area contributed by atoms with Crippen LogP contribution in [0.3, 0.4) is 0 Å². The second-order valence-corrected chi connectivity index (χ2v) is 4.01. The highest BCUT2D eigenvalue weighted by Gasteiger charge is 2.17. The molecule has 2 aromatic carbocycles. The lowest BCUT2D eigenvalue weighted by Crippen LogP contribution is -2.05. The summed E-state index contributed by atoms with van der Waals surface area (Å²) in [4.78, 5) is 3.90. The highest BCUT2D eigenvalue weighted by atomic mass is 19.1. The summed E-state index contributed by atoms with van der Waals surface area (Å²) < 4.78 is 41.8. The Kier molecular flexibility index (Phi) is 2.45. The standard InChI is InChI=1S/C13H8F3N3/c14-7-4-5-11-10(6-7)18-13(17)19(11)12-8(15)2-1-3-9(12)16/h1-6H,(H2,17,18). The first-order chi connectivity index (χ1) is 9.08. The Labute approximate surface area is 106 Å². The molecule has 2 N–H and O–H groups in total. The molecular weight excluding hydrogens is 255 g/mol. The van der Waals surface area contributed by atoms with Crippen LogP contribution in [-0.2, 0) is 0 Å². The van der Waals surface area contributed by atoms with Gasteiger partial charge in [0, 0.05) is 6.07 Å². The monoisotopic (exact) mass is 263 g/mol. The van der Waals surface area contributed by atoms with E-state index in [9.17, 15) is 13.2 Å². The van der Waals surface area contributed by atoms with Crippen LogP contribution in [0.5, 0.6) is 0 Å². The molecule has 3 aromatic rings. The SMILES string of the molecule is Nc1nc2cc(F)ccc2n1-c1c(F)cccc1F. The van der Waals surface area contributed by atoms with E-state index in [0.717, 1.165) is 22.8 Å². The number of hydrogen-bond donors (Lipinski definition) is 1. The van der Waals surface area contributed by atoms with E-state index in [1.165, 1.54) is 18.2 Å². The maximum atomic E-state index is 13.8. The molecule has 6 heteroatoms. The van der Waals surface area contributed by atoms with Gasteiger partial charge in [-0.3, -0.25) is 4.57 Å². The minimum atomic E-state index is -0.768. The summed E-state index contributed by atoms with van der Waals surface area (Å²) in [7, 11) is 0. The van der Waals surface area contributed by atoms with Gasteiger partial charge in [0.1, 0.15) is 23.1 Å². The van der Waals surface area contributed by atoms with Crippen LogP contribution >= 0.6 is 0 Å². The summed E-state index contributed by atoms with van der Waals surface area (Å²) in [5, 5.41) is 0. The van der Waals surface area contributed by atoms with Crippen molar-refractivity contribution in [2.24, 2.45) is 0 Å². The zero-order valence-electron chi connectivity index (χ0n) is 9.57. The van der Waals surface area contributed by atoms with Crippen molar-refractivity contribution in [3.63, 3.8) is 0 Å². The van der Waals surface area contributed by atoms with E-state index >= 15 is 0 Å². The number of aromatic nitrogens is 2. The average molecular weight is 263 g/mol. The second-order valence-electron chi connectivity index (χ2n) is 4.01. The molecule has 3 nitrogen and oxygen atoms in total. The van der Waals surface area contributed by atoms with Crippen LogP contribution < -0.4 is 5.73 Å². The molecule has 1 heterocycles. The number of fused-ring (bicyclic) bond motifs is 1. The van der Waals surface area contributed by atoms with Gasteiger partial charge in [0.05, 0.1) is 11.0 Å². The van der Waals surface area contributed by atoms with Gasteiger partial charge in [0.2, 0.25) is 5.95 Å². The van der Waals surface area contributed by atoms with Crippen LogP contribution in [0.1, 0.15) is 0 Å². The molecule has 19 heavy (non-hydrogen) atoms. The Hall–Kier alpha value is -2.50. The third-order valence-electron chi connectivity index (χ3n) is 2.80. The Morgan fingerprint density at radius 1 is 1.00 bits per heavy atom. The maximum absolute atomic E-state index is 13.8. The number of para-hydroxylation sites is 1. The number of nitrogens with two attached hydrogens (primary N) is 1. The number of benzene rings is 2. The Morgan fingerprint density at radius 2 is 1.68 bits per heavy atom. The summed E-state index contributed by atoms with van der Waals surface area (Å²) >= 11 is 0. The van der Waals surface area contributed by atoms with Crippen molar-refractivity contribution < 1.29 is 13.2 Å². The average Bonchev–Trinajstić information content (AvgIpc) is 2.65. The molecule has 0 fully saturated rings. The second kappa shape index (κ2) is 4.01. The third-order valence-corrected chi connectivity index (χ3v) is 2.80. The third kappa shape index (κ3) is 1.72. The number of nitrogens with zero attached hydrogens (tertiary/aromatic N) is 2. The van der Waals surface area contributed by atoms with Crippen molar-refractivity contribution in [3.05, 3.63) is 53.8 Å². The van der Waals surface area contributed by atoms with E-state index in [2.05, 4.69) is 4.98 Å². The molecule has 0 unspecified atom stereocenters. The zero-order chi connectivity index (χ0) is 13.6. The van der Waals surface area contributed by atoms with Crippen molar-refractivity contribution in [2.75, 3.05) is 5.73 Å². The first-order valence-corrected chi connectivity index (χ1v) is 5.46. The number of nitrogen functional groups attached to an aromatic ring is 1. The van der Waals surface area contributed by atoms with Gasteiger partial charge in [0.15, 0.2) is 0 Å². The van der Waals surface area contributed by atoms with Crippen molar-refractivity contribution in [1.82, 2.24) is 9.55 Å². The lowest BCUT2D eigenvalue weighted by molar-refractivity contribution is 0.572. The highest BCUT2D eigenvalue weighted by Crippen LogP contribution is 2.27. The number of rotatable bonds is 1. The molecule has 3 rings (SSSR count). The van der Waals surface area contributed by atoms with Gasteiger partial charge in [0.25, 0.3) is 0 Å². The highest BCUT2D eigenvalue weighted by molar-refractivity contribution is 5.81. The van der Waals surface area contributed by atoms with Crippen LogP contribution in [0.4, 0.5) is 19.1 Å². The largest absolute Gasteiger partial charge is 0.369 e. The summed E-state index contributed by atoms with van der Waals surface area (Å²) in [5.74, 6) is -2.14. The van der Waals surface area contributed by atoms with Gasteiger partial charge in [-0.05, 0) is 24.3 Å². The lowest BCUT2D eigenvalue weighted by Gasteiger charge is -2.08. The van der Waals surface area contributed by atoms with Gasteiger partial charge >= 0.3 is 0 Å². The summed E-state index contributed by atoms with van der Waals surface area (Å²) in [6, 6.07) is 7.20. The van der Waals surface area contributed by atoms with Crippen LogP contribution in [0.25, 0.3) is 16.7 Å². The number of hydrogen-bond acceptors (Lipinski definition) is 2. The molecule has 0 aliphatic rings. The number of imidazole rings is 1. The molecule has 1 aromatic heterocycles. The molecule has 0 aliphatic heterocycles. The minimum Gasteiger partial charge on any atom is -0.369 e. The molecule has 96 valence electrons. The Bertz CT molecular complexity index is 760. The fourth-order valence-corrected chi connectivity index (χ4v) is 2.01. The van der Waals surface area contributed by atoms with E-state index in [0.29, 0.717) is 5.52 Å². The molecule has 0 aliphatic carbocycles. The molecule has 0 spiro atoms. The minimum absolute atomic E-state index is 0.107. The number of anilines is 1. The van der Waals surface area contributed by atoms with E-state index in [4.69, 9.17) is 5.73 Å². The molecule has 0 saturated carbocycles. The van der Waals surface area contributed by atoms with Gasteiger partial charge in [-0.2, -0.15) is 0 Å². The fraction of sp³-hybridized carbons (Fsp3) is 0. The summed E-state index contributed by atoms with van der Waals surface area (Å²) in [6.45, 7) is 0. The van der Waals surface area contributed by atoms with Crippen LogP contribution in [0.2, 0.25) is 0 Å². The molecule has 0 radical (unpaired) electrons. The lowest BCUT2D eigenvalue weighted by atomic mass is 10.2. The van der Waals surface area contributed by atoms with E-state index in [1.807, 2.05) is 0 Å². The quantitative estimate of drug-likeness (QED) is 0.733. The fourth-order valence-electron chi connectivity index (χ4n) is 2.01. The Morgan fingerprint density at radius 3 is 2.37 bits per heavy atom. The Balaban J connectivity index is 2.40. The first kappa shape index (κ1) is 11.6. The summed E-state index contributed by atoms with van der Waals surface area (Å²) in [6.07, 6.45) is 0. The molecule has 0 amide bonds. The maximum Gasteiger partial charge on any atom is 0.206 e. The van der Waals surface area contributed by atoms with Gasteiger partial charge in [-0.25, -0.2) is 18.2 Å². The van der Waals surface area contributed by atoms with Gasteiger partial charge < -0.3 is 5.73 Å². The predicted octanol–water partition coefficient (Wildman–Crippen LogP) is 3.03. The van der Waals surface area contributed by atoms with Crippen molar-refractivity contribution in [2.45, 2.75) is 0 Å². The first-order valence-electron chi connectivity index (χ1n) is 5.46. The molecular formula is C13H8F3N3. The molecule has 0 atom stereocenters. The van der Waals surface area contributed by atoms with E-state index < -0.39 is 17.5 Å². The van der Waals surface area contributed by atoms with E-state index in [1.54, 1.807) is 0 Å². The van der Waals surface area contributed by atoms with E-state index in [-0.39, 0.29) is 17.2 Å². The topological polar surface area (TPSA) is 43.8 Å². The normalized spacial score (nSPS) is 11.1. The smallest absolute Gasteiger partial charge is 0.206 e. The van der Waals surface area contributed by atoms with Gasteiger partial charge in [-0.1, -0.05) is 6.07 Å². The van der Waals surface area contributed by atoms with Crippen LogP contribution in [0.15, 0.2) is 36.4 Å². The van der Waals surface area contributed by atoms with Crippen LogP contribution in [0, 0.1) is 17.5 Å². The van der Waals surface area contributed by atoms with Crippen LogP contribution in [-0.4, -0.2) is 9.55 Å². The van der Waals surface area contributed by atoms with Crippen molar-refractivity contribution >= 4 is 17.0 Å². The molecule has 0 bridgehead atoms. The predicted molar refractivity (Wildman–Crippen MR) is 65.4 cm³/mol. The number of halogens is 3. The summed E-state index contributed by atoms with van der Waals surface area (Å²) in [5.41, 5.74) is 5.92. The van der Waals surface area contributed by atoms with Crippen molar-refractivity contribution in [1.29, 1.82) is 0 Å². The molecule has 0 saturated heterocycles.